The fourth-order valence-corrected chi connectivity index (χ4v) is 1.49. The fourth-order valence-electron chi connectivity index (χ4n) is 1.49. The van der Waals surface area contributed by atoms with Gasteiger partial charge in [-0.1, -0.05) is 39.2 Å². The van der Waals surface area contributed by atoms with Crippen molar-refractivity contribution in [2.45, 2.75) is 13.8 Å². The summed E-state index contributed by atoms with van der Waals surface area (Å²) in [5, 5.41) is 0. The Balaban J connectivity index is 2.99. The van der Waals surface area contributed by atoms with Gasteiger partial charge in [0.2, 0.25) is 0 Å². The Bertz CT molecular complexity index is 414. The zero-order valence-corrected chi connectivity index (χ0v) is 10.0. The summed E-state index contributed by atoms with van der Waals surface area (Å²) in [4.78, 5) is 36.2. The molecule has 0 N–H and O–H groups in total. The molecule has 1 heterocycles. The van der Waals surface area contributed by atoms with Gasteiger partial charge in [0.25, 0.3) is 11.8 Å². The van der Waals surface area contributed by atoms with Crippen LogP contribution in [0.1, 0.15) is 13.8 Å². The van der Waals surface area contributed by atoms with Crippen LogP contribution in [-0.2, 0) is 14.4 Å². The first kappa shape index (κ1) is 13.1. The summed E-state index contributed by atoms with van der Waals surface area (Å²) in [6.07, 6.45) is 2.63. The molecule has 0 bridgehead atoms. The zero-order valence-electron chi connectivity index (χ0n) is 10.0. The van der Waals surface area contributed by atoms with E-state index in [1.165, 1.54) is 12.2 Å². The molecule has 2 amide bonds. The minimum atomic E-state index is -0.478. The van der Waals surface area contributed by atoms with E-state index >= 15 is 0 Å². The second kappa shape index (κ2) is 4.91. The number of ketones is 1. The van der Waals surface area contributed by atoms with Crippen molar-refractivity contribution in [1.82, 2.24) is 4.90 Å². The molecule has 90 valence electrons. The summed E-state index contributed by atoms with van der Waals surface area (Å²) in [5.41, 5.74) is 0.420. The number of rotatable bonds is 5. The maximum Gasteiger partial charge on any atom is 0.261 e. The molecule has 1 aliphatic rings. The third kappa shape index (κ3) is 2.25. The monoisotopic (exact) mass is 233 g/mol. The molecule has 0 fully saturated rings. The number of hydrogen-bond donors (Lipinski definition) is 0. The number of Topliss-reactive ketones (excluding diaryl/α,β-unsaturated/α-hetero) is 1. The minimum absolute atomic E-state index is 0.152. The lowest BCUT2D eigenvalue weighted by atomic mass is 10.1. The van der Waals surface area contributed by atoms with Crippen molar-refractivity contribution in [2.24, 2.45) is 5.92 Å². The molecule has 0 aromatic carbocycles. The van der Waals surface area contributed by atoms with E-state index in [2.05, 4.69) is 13.2 Å². The molecule has 0 aromatic rings. The first-order valence-electron chi connectivity index (χ1n) is 5.32. The molecule has 0 aromatic heterocycles. The van der Waals surface area contributed by atoms with Gasteiger partial charge in [0, 0.05) is 5.92 Å². The second-order valence-corrected chi connectivity index (χ2v) is 4.05. The predicted molar refractivity (Wildman–Crippen MR) is 64.0 cm³/mol. The average molecular weight is 233 g/mol. The third-order valence-electron chi connectivity index (χ3n) is 2.61. The Morgan fingerprint density at radius 2 is 1.59 bits per heavy atom. The summed E-state index contributed by atoms with van der Waals surface area (Å²) in [6, 6.07) is 0. The number of nitrogens with zero attached hydrogens (tertiary/aromatic N) is 1. The van der Waals surface area contributed by atoms with Crippen LogP contribution in [0.15, 0.2) is 36.5 Å². The van der Waals surface area contributed by atoms with Crippen LogP contribution in [0.25, 0.3) is 0 Å². The van der Waals surface area contributed by atoms with Crippen molar-refractivity contribution in [3.63, 3.8) is 0 Å². The Labute approximate surface area is 100 Å². The maximum absolute atomic E-state index is 11.9. The van der Waals surface area contributed by atoms with E-state index in [4.69, 9.17) is 0 Å². The van der Waals surface area contributed by atoms with Crippen molar-refractivity contribution in [2.75, 3.05) is 6.54 Å². The van der Waals surface area contributed by atoms with Crippen LogP contribution < -0.4 is 0 Å². The summed E-state index contributed by atoms with van der Waals surface area (Å²) in [6.45, 7) is 10.2. The van der Waals surface area contributed by atoms with E-state index in [0.29, 0.717) is 0 Å². The van der Waals surface area contributed by atoms with E-state index in [1.807, 2.05) is 0 Å². The van der Waals surface area contributed by atoms with Crippen LogP contribution in [0.5, 0.6) is 0 Å². The van der Waals surface area contributed by atoms with Crippen LogP contribution >= 0.6 is 0 Å². The third-order valence-corrected chi connectivity index (χ3v) is 2.61. The van der Waals surface area contributed by atoms with Gasteiger partial charge in [0.15, 0.2) is 5.78 Å². The van der Waals surface area contributed by atoms with Gasteiger partial charge in [-0.25, -0.2) is 0 Å². The lowest BCUT2D eigenvalue weighted by molar-refractivity contribution is -0.141. The van der Waals surface area contributed by atoms with Crippen molar-refractivity contribution in [1.29, 1.82) is 0 Å². The normalized spacial score (nSPS) is 15.8. The van der Waals surface area contributed by atoms with Crippen LogP contribution in [0.3, 0.4) is 0 Å². The van der Waals surface area contributed by atoms with Gasteiger partial charge < -0.3 is 0 Å². The SMILES string of the molecule is C=CC1=C(C=C)C(=O)N(CC(=O)C(C)C)C1=O. The zero-order chi connectivity index (χ0) is 13.2. The maximum atomic E-state index is 11.9. The molecular formula is C13H15NO3. The molecule has 0 unspecified atom stereocenters. The van der Waals surface area contributed by atoms with Gasteiger partial charge in [-0.05, 0) is 0 Å². The molecule has 0 saturated carbocycles. The quantitative estimate of drug-likeness (QED) is 0.671. The second-order valence-electron chi connectivity index (χ2n) is 4.05. The summed E-state index contributed by atoms with van der Waals surface area (Å²) in [7, 11) is 0. The van der Waals surface area contributed by atoms with Gasteiger partial charge >= 0.3 is 0 Å². The van der Waals surface area contributed by atoms with E-state index in [1.54, 1.807) is 13.8 Å². The molecule has 17 heavy (non-hydrogen) atoms. The average Bonchev–Trinajstić information content (AvgIpc) is 2.51. The molecule has 0 radical (unpaired) electrons. The van der Waals surface area contributed by atoms with Gasteiger partial charge in [-0.2, -0.15) is 0 Å². The van der Waals surface area contributed by atoms with E-state index < -0.39 is 11.8 Å². The Hall–Kier alpha value is -1.97. The first-order valence-corrected chi connectivity index (χ1v) is 5.32. The molecule has 0 aliphatic carbocycles. The number of amides is 2. The molecular weight excluding hydrogens is 218 g/mol. The molecule has 1 rings (SSSR count). The molecule has 0 saturated heterocycles. The lowest BCUT2D eigenvalue weighted by Crippen LogP contribution is -2.37. The van der Waals surface area contributed by atoms with Gasteiger partial charge in [-0.15, -0.1) is 0 Å². The number of carbonyl (C=O) groups excluding carboxylic acids is 3. The van der Waals surface area contributed by atoms with Gasteiger partial charge in [0.05, 0.1) is 17.7 Å². The van der Waals surface area contributed by atoms with Gasteiger partial charge in [-0.3, -0.25) is 19.3 Å². The largest absolute Gasteiger partial charge is 0.297 e. The number of imide groups is 1. The van der Waals surface area contributed by atoms with E-state index in [9.17, 15) is 14.4 Å². The highest BCUT2D eigenvalue weighted by atomic mass is 16.2. The van der Waals surface area contributed by atoms with Crippen LogP contribution in [0, 0.1) is 5.92 Å². The standard InChI is InChI=1S/C13H15NO3/c1-5-9-10(6-2)13(17)14(12(9)16)7-11(15)8(3)4/h5-6,8H,1-2,7H2,3-4H3. The van der Waals surface area contributed by atoms with Crippen LogP contribution in [0.4, 0.5) is 0 Å². The fraction of sp³-hybridized carbons (Fsp3) is 0.308. The number of hydrogen-bond acceptors (Lipinski definition) is 3. The molecule has 0 spiro atoms. The lowest BCUT2D eigenvalue weighted by Gasteiger charge is -2.14. The van der Waals surface area contributed by atoms with E-state index in [0.717, 1.165) is 4.90 Å². The first-order chi connectivity index (χ1) is 7.93. The Kier molecular flexibility index (Phi) is 3.78. The van der Waals surface area contributed by atoms with E-state index in [-0.39, 0.29) is 29.4 Å². The summed E-state index contributed by atoms with van der Waals surface area (Å²) in [5.74, 6) is -1.32. The summed E-state index contributed by atoms with van der Waals surface area (Å²) < 4.78 is 0. The van der Waals surface area contributed by atoms with Crippen molar-refractivity contribution in [3.8, 4) is 0 Å². The topological polar surface area (TPSA) is 54.5 Å². The number of carbonyl (C=O) groups is 3. The molecule has 4 nitrogen and oxygen atoms in total. The highest BCUT2D eigenvalue weighted by Crippen LogP contribution is 2.22. The Morgan fingerprint density at radius 1 is 1.18 bits per heavy atom. The van der Waals surface area contributed by atoms with Crippen LogP contribution in [-0.4, -0.2) is 29.0 Å². The highest BCUT2D eigenvalue weighted by Gasteiger charge is 2.36. The highest BCUT2D eigenvalue weighted by molar-refractivity contribution is 6.22. The smallest absolute Gasteiger partial charge is 0.261 e. The molecule has 4 heteroatoms. The Morgan fingerprint density at radius 3 is 1.88 bits per heavy atom. The van der Waals surface area contributed by atoms with Crippen molar-refractivity contribution < 1.29 is 14.4 Å². The predicted octanol–water partition coefficient (Wildman–Crippen LogP) is 1.25. The minimum Gasteiger partial charge on any atom is -0.297 e. The molecule has 1 aliphatic heterocycles. The van der Waals surface area contributed by atoms with Crippen molar-refractivity contribution in [3.05, 3.63) is 36.5 Å². The van der Waals surface area contributed by atoms with Crippen molar-refractivity contribution >= 4 is 17.6 Å². The molecule has 0 atom stereocenters. The van der Waals surface area contributed by atoms with Crippen LogP contribution in [0.2, 0.25) is 0 Å². The summed E-state index contributed by atoms with van der Waals surface area (Å²) >= 11 is 0. The van der Waals surface area contributed by atoms with Gasteiger partial charge in [0.1, 0.15) is 0 Å².